The molecule has 0 spiro atoms. The highest BCUT2D eigenvalue weighted by molar-refractivity contribution is 6.34. The van der Waals surface area contributed by atoms with Crippen LogP contribution in [0.3, 0.4) is 0 Å². The zero-order valence-corrected chi connectivity index (χ0v) is 51.8. The predicted molar refractivity (Wildman–Crippen MR) is 316 cm³/mol. The first-order chi connectivity index (χ1) is 40.9. The van der Waals surface area contributed by atoms with Gasteiger partial charge < -0.3 is 50.2 Å². The zero-order chi connectivity index (χ0) is 64.4. The average molecular weight is 1240 g/mol. The Labute approximate surface area is 510 Å². The van der Waals surface area contributed by atoms with Crippen molar-refractivity contribution in [3.05, 3.63) is 99.1 Å². The van der Waals surface area contributed by atoms with Gasteiger partial charge in [0.1, 0.15) is 53.0 Å². The molecule has 4 aliphatic rings. The highest BCUT2D eigenvalue weighted by Gasteiger charge is 2.64. The van der Waals surface area contributed by atoms with Crippen LogP contribution in [0.25, 0.3) is 0 Å². The molecule has 2 fully saturated rings. The van der Waals surface area contributed by atoms with Crippen molar-refractivity contribution < 1.29 is 80.8 Å². The van der Waals surface area contributed by atoms with Crippen LogP contribution < -0.4 is 21.3 Å². The van der Waals surface area contributed by atoms with Crippen molar-refractivity contribution in [2.24, 2.45) is 23.5 Å². The van der Waals surface area contributed by atoms with Crippen molar-refractivity contribution in [2.45, 2.75) is 173 Å². The van der Waals surface area contributed by atoms with Crippen molar-refractivity contribution in [3.8, 4) is 0 Å². The number of halogens is 3. The minimum absolute atomic E-state index is 0.00130. The highest BCUT2D eigenvalue weighted by atomic mass is 35.5. The van der Waals surface area contributed by atoms with E-state index in [2.05, 4.69) is 10.6 Å². The Morgan fingerprint density at radius 2 is 1.67 bits per heavy atom. The maximum atomic E-state index is 16.2. The fourth-order valence-electron chi connectivity index (χ4n) is 11.4. The highest BCUT2D eigenvalue weighted by Crippen LogP contribution is 2.50. The minimum Gasteiger partial charge on any atom is -0.462 e. The number of rotatable bonds is 23. The van der Waals surface area contributed by atoms with Crippen molar-refractivity contribution in [1.82, 2.24) is 20.4 Å². The first kappa shape index (κ1) is 68.9. The van der Waals surface area contributed by atoms with Crippen molar-refractivity contribution in [2.75, 3.05) is 39.2 Å². The topological polar surface area (TPSA) is 291 Å². The lowest BCUT2D eigenvalue weighted by Crippen LogP contribution is -2.53. The largest absolute Gasteiger partial charge is 0.462 e. The Morgan fingerprint density at radius 3 is 2.32 bits per heavy atom. The van der Waals surface area contributed by atoms with E-state index in [4.69, 9.17) is 36.3 Å². The lowest BCUT2D eigenvalue weighted by Gasteiger charge is -2.41. The standard InChI is InChI=1S/C63H81ClF2N6O15/c1-34(2)42(29-41(73)17-12-11-13-23-72-52(75)20-21-53(72)76)58(79)69-46(18-15-22-68-61(67)82)48(74)28-40-27-45(66)43(30-44(40)65)59(80)70(8)38(6)60(81)86-51-31-54(77)71(9)47-26-39(25-36(4)56(47)64)24-35(3)16-14-19-50(84-10)63(83)32-49(85-55(78)33-63)37(5)57-62(51,7)87-57/h14,16,19-21,25-27,30,34,37-38,42,46,49-51,57,83H,11-13,15,17-18,22-24,28-29,31-33H2,1-10H3,(H,69,79)(H3,67,68,82)/b19-14+,35-16+/t37-,38+,42+,46+,49+,50-,51+,57+,62+,63-/m1/s1. The lowest BCUT2D eigenvalue weighted by molar-refractivity contribution is -0.187. The number of allylic oxidation sites excluding steroid dienone is 3. The number of imide groups is 1. The Morgan fingerprint density at radius 1 is 0.977 bits per heavy atom. The van der Waals surface area contributed by atoms with Gasteiger partial charge in [0.25, 0.3) is 17.7 Å². The van der Waals surface area contributed by atoms with Crippen LogP contribution in [-0.4, -0.2) is 156 Å². The Bertz CT molecular complexity index is 3080. The molecule has 2 aromatic carbocycles. The third-order valence-electron chi connectivity index (χ3n) is 16.9. The number of primary amides is 1. The number of ketones is 2. The molecular weight excluding hydrogens is 1150 g/mol. The maximum absolute atomic E-state index is 16.2. The number of Topliss-reactive ketones (excluding diaryl/α,β-unsaturated/α-hetero) is 2. The van der Waals surface area contributed by atoms with Gasteiger partial charge in [-0.05, 0) is 101 Å². The fourth-order valence-corrected chi connectivity index (χ4v) is 11.6. The minimum atomic E-state index is -1.70. The number of epoxide rings is 1. The number of anilines is 1. The number of amides is 7. The van der Waals surface area contributed by atoms with E-state index in [1.165, 1.54) is 38.1 Å². The number of hydrogen-bond acceptors (Lipinski definition) is 15. The quantitative estimate of drug-likeness (QED) is 0.0404. The Hall–Kier alpha value is -7.21. The summed E-state index contributed by atoms with van der Waals surface area (Å²) in [5.41, 5.74) is 3.59. The second-order valence-corrected chi connectivity index (χ2v) is 24.2. The SMILES string of the molecule is CO[C@@H]1/C=C/C=C(\C)Cc2cc(C)c(Cl)c(c2)N(C)C(=O)C[C@H](OC(=O)[C@H](C)N(C)C(=O)c2cc(F)c(CC(=O)[C@H](CCCNC(N)=O)NC(=O)[C@@H](CC(=O)CCCCCN3C(=O)C=CC3=O)C(C)C)cc2F)[C@]2(C)O[C@H]2[C@H](C)[C@@H]2C[C@@]1(O)CC(=O)O2. The Balaban J connectivity index is 1.17. The molecule has 2 saturated heterocycles. The molecule has 4 aliphatic heterocycles. The number of urea groups is 1. The van der Waals surface area contributed by atoms with Crippen LogP contribution in [0.1, 0.15) is 133 Å². The normalized spacial score (nSPS) is 25.1. The summed E-state index contributed by atoms with van der Waals surface area (Å²) < 4.78 is 56.3. The number of nitrogens with zero attached hydrogens (tertiary/aromatic N) is 3. The molecular formula is C63H81ClF2N6O15. The number of hydrogen-bond donors (Lipinski definition) is 4. The Kier molecular flexibility index (Phi) is 23.5. The molecule has 24 heteroatoms. The van der Waals surface area contributed by atoms with E-state index in [1.54, 1.807) is 52.8 Å². The number of aliphatic hydroxyl groups is 1. The maximum Gasteiger partial charge on any atom is 0.328 e. The molecule has 87 heavy (non-hydrogen) atoms. The molecule has 0 unspecified atom stereocenters. The number of esters is 2. The number of likely N-dealkylation sites (N-methyl/N-ethyl adjacent to an activating group) is 1. The summed E-state index contributed by atoms with van der Waals surface area (Å²) >= 11 is 6.83. The summed E-state index contributed by atoms with van der Waals surface area (Å²) in [5.74, 6) is -10.2. The molecule has 474 valence electrons. The number of fused-ring (bicyclic) bond motifs is 5. The number of methoxy groups -OCH3 is 1. The van der Waals surface area contributed by atoms with E-state index in [-0.39, 0.29) is 63.3 Å². The molecule has 7 amide bonds. The summed E-state index contributed by atoms with van der Waals surface area (Å²) in [6, 6.07) is 1.25. The van der Waals surface area contributed by atoms with Gasteiger partial charge in [0.15, 0.2) is 5.78 Å². The molecule has 10 atom stereocenters. The van der Waals surface area contributed by atoms with Crippen LogP contribution in [0.4, 0.5) is 19.3 Å². The molecule has 2 aromatic rings. The van der Waals surface area contributed by atoms with Crippen LogP contribution in [0, 0.1) is 36.3 Å². The molecule has 0 saturated carbocycles. The summed E-state index contributed by atoms with van der Waals surface area (Å²) in [4.78, 5) is 135. The fraction of sp³-hybridized carbons (Fsp3) is 0.556. The smallest absolute Gasteiger partial charge is 0.328 e. The number of nitrogens with one attached hydrogen (secondary N) is 2. The molecule has 4 bridgehead atoms. The van der Waals surface area contributed by atoms with Gasteiger partial charge in [-0.2, -0.15) is 0 Å². The van der Waals surface area contributed by atoms with Crippen LogP contribution in [0.2, 0.25) is 5.02 Å². The van der Waals surface area contributed by atoms with Gasteiger partial charge >= 0.3 is 18.0 Å². The number of benzene rings is 2. The van der Waals surface area contributed by atoms with Crippen molar-refractivity contribution in [1.29, 1.82) is 0 Å². The van der Waals surface area contributed by atoms with Crippen LogP contribution in [0.15, 0.2) is 60.2 Å². The molecule has 0 radical (unpaired) electrons. The van der Waals surface area contributed by atoms with Gasteiger partial charge in [0, 0.05) is 84.0 Å². The van der Waals surface area contributed by atoms with E-state index in [0.717, 1.165) is 28.0 Å². The molecule has 4 heterocycles. The number of ether oxygens (including phenoxy) is 4. The summed E-state index contributed by atoms with van der Waals surface area (Å²) in [6.07, 6.45) is 3.78. The molecule has 0 aromatic heterocycles. The summed E-state index contributed by atoms with van der Waals surface area (Å²) in [6.45, 7) is 12.0. The van der Waals surface area contributed by atoms with Gasteiger partial charge in [0.05, 0.1) is 41.3 Å². The van der Waals surface area contributed by atoms with Gasteiger partial charge in [0.2, 0.25) is 11.8 Å². The first-order valence-electron chi connectivity index (χ1n) is 29.3. The van der Waals surface area contributed by atoms with Crippen molar-refractivity contribution >= 4 is 76.4 Å². The van der Waals surface area contributed by atoms with Gasteiger partial charge in [-0.25, -0.2) is 18.4 Å². The van der Waals surface area contributed by atoms with Crippen LogP contribution in [-0.2, 0) is 70.1 Å². The van der Waals surface area contributed by atoms with E-state index in [0.29, 0.717) is 54.1 Å². The summed E-state index contributed by atoms with van der Waals surface area (Å²) in [7, 11) is 4.09. The third kappa shape index (κ3) is 17.3. The monoisotopic (exact) mass is 1230 g/mol. The van der Waals surface area contributed by atoms with Crippen LogP contribution >= 0.6 is 11.6 Å². The predicted octanol–water partition coefficient (Wildman–Crippen LogP) is 6.42. The number of nitrogens with two attached hydrogens (primary N) is 1. The second-order valence-electron chi connectivity index (χ2n) is 23.9. The van der Waals surface area contributed by atoms with Crippen LogP contribution in [0.5, 0.6) is 0 Å². The number of carbonyl (C=O) groups is 10. The third-order valence-corrected chi connectivity index (χ3v) is 17.4. The molecule has 0 aliphatic carbocycles. The zero-order valence-electron chi connectivity index (χ0n) is 51.0. The molecule has 5 N–H and O–H groups in total. The lowest BCUT2D eigenvalue weighted by atomic mass is 9.78. The van der Waals surface area contributed by atoms with Gasteiger partial charge in [-0.15, -0.1) is 0 Å². The van der Waals surface area contributed by atoms with Gasteiger partial charge in [-0.1, -0.05) is 68.7 Å². The number of unbranched alkanes of at least 4 members (excludes halogenated alkanes) is 2. The molecule has 6 rings (SSSR count). The van der Waals surface area contributed by atoms with E-state index >= 15 is 8.78 Å². The van der Waals surface area contributed by atoms with Gasteiger partial charge in [-0.3, -0.25) is 43.3 Å². The number of aryl methyl sites for hydroxylation is 1. The first-order valence-corrected chi connectivity index (χ1v) is 29.7. The van der Waals surface area contributed by atoms with Crippen molar-refractivity contribution in [3.63, 3.8) is 0 Å². The summed E-state index contributed by atoms with van der Waals surface area (Å²) in [5, 5.41) is 17.4. The van der Waals surface area contributed by atoms with E-state index < -0.39 is 148 Å². The second kappa shape index (κ2) is 29.7. The average Bonchev–Trinajstić information content (AvgIpc) is 1.61. The number of carbonyl (C=O) groups excluding carboxylic acids is 10. The molecule has 21 nitrogen and oxygen atoms in total. The van der Waals surface area contributed by atoms with E-state index in [9.17, 15) is 53.1 Å². The van der Waals surface area contributed by atoms with E-state index in [1.807, 2.05) is 19.1 Å².